The van der Waals surface area contributed by atoms with Gasteiger partial charge in [0.05, 0.1) is 5.52 Å². The standard InChI is InChI=1S/C12H6FN3/c13-11-2-1-9(5-8(6-14)7-15)12-10(11)3-4-16-12/h1-5,16H. The molecule has 0 aliphatic rings. The lowest BCUT2D eigenvalue weighted by Crippen LogP contribution is -1.82. The summed E-state index contributed by atoms with van der Waals surface area (Å²) in [6.45, 7) is 0. The Bertz CT molecular complexity index is 637. The number of nitrogens with zero attached hydrogens (tertiary/aromatic N) is 2. The Labute approximate surface area is 91.0 Å². The molecule has 0 amide bonds. The molecule has 4 heteroatoms. The molecule has 16 heavy (non-hydrogen) atoms. The second-order valence-corrected chi connectivity index (χ2v) is 3.18. The van der Waals surface area contributed by atoms with Gasteiger partial charge in [-0.15, -0.1) is 0 Å². The number of aromatic amines is 1. The van der Waals surface area contributed by atoms with Crippen LogP contribution in [0.2, 0.25) is 0 Å². The lowest BCUT2D eigenvalue weighted by atomic mass is 10.1. The van der Waals surface area contributed by atoms with Gasteiger partial charge in [-0.1, -0.05) is 0 Å². The van der Waals surface area contributed by atoms with E-state index in [9.17, 15) is 4.39 Å². The summed E-state index contributed by atoms with van der Waals surface area (Å²) in [4.78, 5) is 2.88. The number of hydrogen-bond acceptors (Lipinski definition) is 2. The maximum atomic E-state index is 13.3. The molecule has 1 heterocycles. The van der Waals surface area contributed by atoms with E-state index < -0.39 is 0 Å². The van der Waals surface area contributed by atoms with Crippen molar-refractivity contribution >= 4 is 17.0 Å². The molecule has 1 aromatic carbocycles. The van der Waals surface area contributed by atoms with Crippen LogP contribution in [0.4, 0.5) is 4.39 Å². The van der Waals surface area contributed by atoms with Crippen molar-refractivity contribution in [3.8, 4) is 12.1 Å². The van der Waals surface area contributed by atoms with Crippen molar-refractivity contribution in [3.63, 3.8) is 0 Å². The fraction of sp³-hybridized carbons (Fsp3) is 0. The van der Waals surface area contributed by atoms with E-state index in [1.807, 2.05) is 0 Å². The second-order valence-electron chi connectivity index (χ2n) is 3.18. The van der Waals surface area contributed by atoms with Gasteiger partial charge in [0.1, 0.15) is 23.5 Å². The first-order valence-corrected chi connectivity index (χ1v) is 4.53. The molecule has 0 aliphatic heterocycles. The SMILES string of the molecule is N#CC(C#N)=Cc1ccc(F)c2cc[nH]c12. The van der Waals surface area contributed by atoms with Gasteiger partial charge in [-0.25, -0.2) is 4.39 Å². The molecule has 0 bridgehead atoms. The number of aromatic nitrogens is 1. The second kappa shape index (κ2) is 3.88. The maximum Gasteiger partial charge on any atom is 0.132 e. The van der Waals surface area contributed by atoms with Crippen LogP contribution < -0.4 is 0 Å². The van der Waals surface area contributed by atoms with E-state index in [1.165, 1.54) is 18.2 Å². The van der Waals surface area contributed by atoms with Crippen LogP contribution in [0.1, 0.15) is 5.56 Å². The van der Waals surface area contributed by atoms with Crippen molar-refractivity contribution in [2.45, 2.75) is 0 Å². The molecule has 0 radical (unpaired) electrons. The highest BCUT2D eigenvalue weighted by atomic mass is 19.1. The molecule has 1 N–H and O–H groups in total. The van der Waals surface area contributed by atoms with Gasteiger partial charge in [0, 0.05) is 17.1 Å². The summed E-state index contributed by atoms with van der Waals surface area (Å²) in [6.07, 6.45) is 3.04. The zero-order valence-electron chi connectivity index (χ0n) is 8.16. The minimum Gasteiger partial charge on any atom is -0.361 e. The molecular formula is C12H6FN3. The van der Waals surface area contributed by atoms with Gasteiger partial charge in [-0.3, -0.25) is 0 Å². The Morgan fingerprint density at radius 2 is 2.00 bits per heavy atom. The van der Waals surface area contributed by atoms with Gasteiger partial charge in [-0.2, -0.15) is 10.5 Å². The Hall–Kier alpha value is -2.59. The third-order valence-electron chi connectivity index (χ3n) is 2.24. The van der Waals surface area contributed by atoms with Crippen LogP contribution in [0.3, 0.4) is 0 Å². The lowest BCUT2D eigenvalue weighted by molar-refractivity contribution is 0.640. The van der Waals surface area contributed by atoms with Crippen molar-refractivity contribution in [1.29, 1.82) is 10.5 Å². The molecule has 0 atom stereocenters. The summed E-state index contributed by atoms with van der Waals surface area (Å²) in [5, 5.41) is 17.7. The van der Waals surface area contributed by atoms with Crippen molar-refractivity contribution in [2.24, 2.45) is 0 Å². The lowest BCUT2D eigenvalue weighted by Gasteiger charge is -1.98. The van der Waals surface area contributed by atoms with Crippen LogP contribution in [0.25, 0.3) is 17.0 Å². The molecular weight excluding hydrogens is 205 g/mol. The molecule has 0 saturated carbocycles. The van der Waals surface area contributed by atoms with Crippen LogP contribution in [-0.2, 0) is 0 Å². The highest BCUT2D eigenvalue weighted by molar-refractivity contribution is 5.89. The van der Waals surface area contributed by atoms with Crippen LogP contribution >= 0.6 is 0 Å². The van der Waals surface area contributed by atoms with Crippen molar-refractivity contribution in [1.82, 2.24) is 4.98 Å². The topological polar surface area (TPSA) is 63.4 Å². The largest absolute Gasteiger partial charge is 0.361 e. The van der Waals surface area contributed by atoms with Gasteiger partial charge < -0.3 is 4.98 Å². The number of nitrogens with one attached hydrogen (secondary N) is 1. The summed E-state index contributed by atoms with van der Waals surface area (Å²) in [5.41, 5.74) is 1.20. The summed E-state index contributed by atoms with van der Waals surface area (Å²) in [6, 6.07) is 7.98. The Morgan fingerprint density at radius 1 is 1.25 bits per heavy atom. The fourth-order valence-electron chi connectivity index (χ4n) is 1.51. The molecule has 2 aromatic rings. The summed E-state index contributed by atoms with van der Waals surface area (Å²) in [7, 11) is 0. The molecule has 1 aromatic heterocycles. The van der Waals surface area contributed by atoms with E-state index in [2.05, 4.69) is 4.98 Å². The normalized spacial score (nSPS) is 9.44. The number of benzene rings is 1. The predicted molar refractivity (Wildman–Crippen MR) is 57.5 cm³/mol. The van der Waals surface area contributed by atoms with E-state index in [0.29, 0.717) is 16.5 Å². The highest BCUT2D eigenvalue weighted by Gasteiger charge is 2.05. The van der Waals surface area contributed by atoms with Crippen molar-refractivity contribution < 1.29 is 4.39 Å². The number of hydrogen-bond donors (Lipinski definition) is 1. The quantitative estimate of drug-likeness (QED) is 0.737. The summed E-state index contributed by atoms with van der Waals surface area (Å²) >= 11 is 0. The van der Waals surface area contributed by atoms with E-state index in [4.69, 9.17) is 10.5 Å². The van der Waals surface area contributed by atoms with Gasteiger partial charge in [0.15, 0.2) is 0 Å². The fourth-order valence-corrected chi connectivity index (χ4v) is 1.51. The first-order valence-electron chi connectivity index (χ1n) is 4.53. The summed E-state index contributed by atoms with van der Waals surface area (Å²) in [5.74, 6) is -0.330. The van der Waals surface area contributed by atoms with E-state index >= 15 is 0 Å². The molecule has 0 fully saturated rings. The Morgan fingerprint density at radius 3 is 2.69 bits per heavy atom. The monoisotopic (exact) mass is 211 g/mol. The van der Waals surface area contributed by atoms with Gasteiger partial charge in [-0.05, 0) is 24.3 Å². The van der Waals surface area contributed by atoms with Crippen LogP contribution in [0.5, 0.6) is 0 Å². The zero-order valence-corrected chi connectivity index (χ0v) is 8.16. The van der Waals surface area contributed by atoms with Gasteiger partial charge in [0.2, 0.25) is 0 Å². The van der Waals surface area contributed by atoms with E-state index in [-0.39, 0.29) is 11.4 Å². The Balaban J connectivity index is 2.69. The minimum atomic E-state index is -0.330. The van der Waals surface area contributed by atoms with Crippen LogP contribution in [0.15, 0.2) is 30.0 Å². The molecule has 76 valence electrons. The molecule has 0 spiro atoms. The van der Waals surface area contributed by atoms with Crippen molar-refractivity contribution in [3.05, 3.63) is 41.3 Å². The third kappa shape index (κ3) is 1.53. The van der Waals surface area contributed by atoms with Gasteiger partial charge in [0.25, 0.3) is 0 Å². The smallest absolute Gasteiger partial charge is 0.132 e. The summed E-state index contributed by atoms with van der Waals surface area (Å²) < 4.78 is 13.3. The minimum absolute atomic E-state index is 0.0116. The average Bonchev–Trinajstić information content (AvgIpc) is 2.78. The van der Waals surface area contributed by atoms with Crippen LogP contribution in [0, 0.1) is 28.5 Å². The number of H-pyrrole nitrogens is 1. The molecule has 2 rings (SSSR count). The number of fused-ring (bicyclic) bond motifs is 1. The maximum absolute atomic E-state index is 13.3. The predicted octanol–water partition coefficient (Wildman–Crippen LogP) is 2.74. The highest BCUT2D eigenvalue weighted by Crippen LogP contribution is 2.22. The molecule has 0 aliphatic carbocycles. The molecule has 0 unspecified atom stereocenters. The molecule has 0 saturated heterocycles. The zero-order chi connectivity index (χ0) is 11.5. The number of allylic oxidation sites excluding steroid dienone is 1. The van der Waals surface area contributed by atoms with E-state index in [0.717, 1.165) is 0 Å². The van der Waals surface area contributed by atoms with Gasteiger partial charge >= 0.3 is 0 Å². The Kier molecular flexibility index (Phi) is 2.41. The molecule has 3 nitrogen and oxygen atoms in total. The van der Waals surface area contributed by atoms with Crippen molar-refractivity contribution in [2.75, 3.05) is 0 Å². The first-order chi connectivity index (χ1) is 7.76. The third-order valence-corrected chi connectivity index (χ3v) is 2.24. The van der Waals surface area contributed by atoms with Crippen LogP contribution in [-0.4, -0.2) is 4.98 Å². The number of rotatable bonds is 1. The number of halogens is 1. The first kappa shape index (κ1) is 9.95. The average molecular weight is 211 g/mol. The number of nitriles is 2. The van der Waals surface area contributed by atoms with E-state index in [1.54, 1.807) is 24.4 Å².